The van der Waals surface area contributed by atoms with Gasteiger partial charge in [-0.05, 0) is 43.9 Å². The Labute approximate surface area is 147 Å². The summed E-state index contributed by atoms with van der Waals surface area (Å²) in [6.07, 6.45) is 0.775. The Hall–Kier alpha value is -2.41. The van der Waals surface area contributed by atoms with E-state index in [1.165, 1.54) is 0 Å². The summed E-state index contributed by atoms with van der Waals surface area (Å²) in [6.45, 7) is 8.06. The number of nitrogens with two attached hydrogens (primary N) is 1. The normalized spacial score (nSPS) is 22.3. The summed E-state index contributed by atoms with van der Waals surface area (Å²) in [7, 11) is 0. The van der Waals surface area contributed by atoms with Gasteiger partial charge in [0.25, 0.3) is 11.8 Å². The molecule has 7 nitrogen and oxygen atoms in total. The lowest BCUT2D eigenvalue weighted by Gasteiger charge is -2.31. The van der Waals surface area contributed by atoms with E-state index < -0.39 is 23.0 Å². The average Bonchev–Trinajstić information content (AvgIpc) is 2.80. The molecular formula is C18H26N4O3. The number of hydrogen-bond donors (Lipinski definition) is 4. The highest BCUT2D eigenvalue weighted by molar-refractivity contribution is 6.07. The van der Waals surface area contributed by atoms with Crippen molar-refractivity contribution in [1.29, 1.82) is 0 Å². The smallest absolute Gasteiger partial charge is 0.322 e. The summed E-state index contributed by atoms with van der Waals surface area (Å²) >= 11 is 0. The number of carbonyl (C=O) groups excluding carboxylic acids is 3. The Balaban J connectivity index is 2.15. The molecule has 1 fully saturated rings. The van der Waals surface area contributed by atoms with E-state index in [4.69, 9.17) is 5.73 Å². The van der Waals surface area contributed by atoms with Crippen LogP contribution in [0.1, 0.15) is 50.0 Å². The standard InChI is InChI=1S/C18H26N4O3/c1-11(2)9-17(3,10-19)21-14(23)12-5-7-13(8-6-12)18(4)15(24)20-16(25)22-18/h5-8,11H,9-10,19H2,1-4H3,(H,21,23)(H2,20,22,24,25). The summed E-state index contributed by atoms with van der Waals surface area (Å²) in [5, 5.41) is 7.81. The van der Waals surface area contributed by atoms with Gasteiger partial charge < -0.3 is 16.4 Å². The van der Waals surface area contributed by atoms with Crippen molar-refractivity contribution < 1.29 is 14.4 Å². The quantitative estimate of drug-likeness (QED) is 0.580. The van der Waals surface area contributed by atoms with E-state index >= 15 is 0 Å². The highest BCUT2D eigenvalue weighted by Crippen LogP contribution is 2.25. The van der Waals surface area contributed by atoms with Crippen molar-refractivity contribution in [1.82, 2.24) is 16.0 Å². The van der Waals surface area contributed by atoms with Gasteiger partial charge in [-0.2, -0.15) is 0 Å². The second-order valence-corrected chi connectivity index (χ2v) is 7.43. The van der Waals surface area contributed by atoms with Gasteiger partial charge in [0, 0.05) is 17.6 Å². The molecule has 7 heteroatoms. The molecule has 0 bridgehead atoms. The van der Waals surface area contributed by atoms with Crippen LogP contribution in [0.3, 0.4) is 0 Å². The number of hydrogen-bond acceptors (Lipinski definition) is 4. The molecular weight excluding hydrogens is 320 g/mol. The van der Waals surface area contributed by atoms with E-state index in [1.807, 2.05) is 6.92 Å². The van der Waals surface area contributed by atoms with E-state index in [1.54, 1.807) is 31.2 Å². The molecule has 4 amide bonds. The fourth-order valence-corrected chi connectivity index (χ4v) is 3.13. The van der Waals surface area contributed by atoms with E-state index in [2.05, 4.69) is 29.8 Å². The molecule has 0 saturated carbocycles. The molecule has 2 rings (SSSR count). The van der Waals surface area contributed by atoms with Crippen molar-refractivity contribution in [2.24, 2.45) is 11.7 Å². The first kappa shape index (κ1) is 18.9. The number of nitrogens with one attached hydrogen (secondary N) is 3. The van der Waals surface area contributed by atoms with Crippen molar-refractivity contribution in [2.45, 2.75) is 45.2 Å². The topological polar surface area (TPSA) is 113 Å². The van der Waals surface area contributed by atoms with Crippen LogP contribution in [0.25, 0.3) is 0 Å². The maximum absolute atomic E-state index is 12.5. The molecule has 0 aliphatic carbocycles. The van der Waals surface area contributed by atoms with E-state index in [-0.39, 0.29) is 5.91 Å². The monoisotopic (exact) mass is 346 g/mol. The minimum atomic E-state index is -1.13. The molecule has 1 aromatic carbocycles. The van der Waals surface area contributed by atoms with E-state index in [0.717, 1.165) is 6.42 Å². The summed E-state index contributed by atoms with van der Waals surface area (Å²) in [4.78, 5) is 35.9. The Morgan fingerprint density at radius 2 is 1.88 bits per heavy atom. The fourth-order valence-electron chi connectivity index (χ4n) is 3.13. The van der Waals surface area contributed by atoms with Crippen molar-refractivity contribution in [3.63, 3.8) is 0 Å². The van der Waals surface area contributed by atoms with Gasteiger partial charge in [0.1, 0.15) is 5.54 Å². The first-order chi connectivity index (χ1) is 11.6. The molecule has 0 radical (unpaired) electrons. The Morgan fingerprint density at radius 3 is 2.32 bits per heavy atom. The first-order valence-electron chi connectivity index (χ1n) is 8.36. The molecule has 1 aliphatic rings. The van der Waals surface area contributed by atoms with Gasteiger partial charge in [0.15, 0.2) is 0 Å². The molecule has 1 saturated heterocycles. The lowest BCUT2D eigenvalue weighted by Crippen LogP contribution is -2.52. The van der Waals surface area contributed by atoms with E-state index in [0.29, 0.717) is 23.6 Å². The van der Waals surface area contributed by atoms with E-state index in [9.17, 15) is 14.4 Å². The number of amides is 4. The lowest BCUT2D eigenvalue weighted by atomic mass is 9.89. The molecule has 136 valence electrons. The van der Waals surface area contributed by atoms with Gasteiger partial charge in [-0.1, -0.05) is 26.0 Å². The van der Waals surface area contributed by atoms with Crippen LogP contribution in [0.2, 0.25) is 0 Å². The number of benzene rings is 1. The molecule has 2 atom stereocenters. The lowest BCUT2D eigenvalue weighted by molar-refractivity contribution is -0.123. The Kier molecular flexibility index (Phi) is 5.17. The van der Waals surface area contributed by atoms with Crippen LogP contribution in [0.15, 0.2) is 24.3 Å². The van der Waals surface area contributed by atoms with Crippen LogP contribution in [0.5, 0.6) is 0 Å². The SMILES string of the molecule is CC(C)CC(C)(CN)NC(=O)c1ccc(C2(C)NC(=O)NC2=O)cc1. The third-order valence-electron chi connectivity index (χ3n) is 4.49. The zero-order chi connectivity index (χ0) is 18.8. The third kappa shape index (κ3) is 3.99. The van der Waals surface area contributed by atoms with Crippen LogP contribution in [0, 0.1) is 5.92 Å². The maximum Gasteiger partial charge on any atom is 0.322 e. The molecule has 1 aliphatic heterocycles. The molecule has 1 heterocycles. The molecule has 5 N–H and O–H groups in total. The van der Waals surface area contributed by atoms with Crippen LogP contribution in [-0.2, 0) is 10.3 Å². The van der Waals surface area contributed by atoms with Crippen molar-refractivity contribution in [3.05, 3.63) is 35.4 Å². The fraction of sp³-hybridized carbons (Fsp3) is 0.500. The average molecular weight is 346 g/mol. The summed E-state index contributed by atoms with van der Waals surface area (Å²) in [5.74, 6) is -0.229. The number of carbonyl (C=O) groups is 3. The minimum absolute atomic E-state index is 0.217. The van der Waals surface area contributed by atoms with Gasteiger partial charge >= 0.3 is 6.03 Å². The van der Waals surface area contributed by atoms with Gasteiger partial charge in [0.05, 0.1) is 0 Å². The molecule has 0 aromatic heterocycles. The predicted molar refractivity (Wildman–Crippen MR) is 94.8 cm³/mol. The maximum atomic E-state index is 12.5. The zero-order valence-electron chi connectivity index (χ0n) is 15.1. The van der Waals surface area contributed by atoms with Crippen LogP contribution in [-0.4, -0.2) is 29.9 Å². The number of rotatable bonds is 6. The minimum Gasteiger partial charge on any atom is -0.346 e. The summed E-state index contributed by atoms with van der Waals surface area (Å²) in [6, 6.07) is 6.09. The largest absolute Gasteiger partial charge is 0.346 e. The predicted octanol–water partition coefficient (Wildman–Crippen LogP) is 1.23. The van der Waals surface area contributed by atoms with Gasteiger partial charge in [-0.25, -0.2) is 4.79 Å². The summed E-state index contributed by atoms with van der Waals surface area (Å²) < 4.78 is 0. The van der Waals surface area contributed by atoms with Crippen molar-refractivity contribution in [3.8, 4) is 0 Å². The van der Waals surface area contributed by atoms with Gasteiger partial charge in [0.2, 0.25) is 0 Å². The van der Waals surface area contributed by atoms with Gasteiger partial charge in [-0.15, -0.1) is 0 Å². The first-order valence-corrected chi connectivity index (χ1v) is 8.36. The Bertz CT molecular complexity index is 686. The second-order valence-electron chi connectivity index (χ2n) is 7.43. The van der Waals surface area contributed by atoms with Crippen LogP contribution >= 0.6 is 0 Å². The van der Waals surface area contributed by atoms with Crippen LogP contribution < -0.4 is 21.7 Å². The number of imide groups is 1. The third-order valence-corrected chi connectivity index (χ3v) is 4.49. The molecule has 2 unspecified atom stereocenters. The summed E-state index contributed by atoms with van der Waals surface area (Å²) in [5.41, 5.74) is 5.31. The molecule has 25 heavy (non-hydrogen) atoms. The van der Waals surface area contributed by atoms with Crippen molar-refractivity contribution in [2.75, 3.05) is 6.54 Å². The number of urea groups is 1. The highest BCUT2D eigenvalue weighted by atomic mass is 16.2. The Morgan fingerprint density at radius 1 is 1.28 bits per heavy atom. The molecule has 1 aromatic rings. The molecule has 0 spiro atoms. The van der Waals surface area contributed by atoms with Gasteiger partial charge in [-0.3, -0.25) is 14.9 Å². The van der Waals surface area contributed by atoms with Crippen molar-refractivity contribution >= 4 is 17.8 Å². The van der Waals surface area contributed by atoms with Crippen LogP contribution in [0.4, 0.5) is 4.79 Å². The highest BCUT2D eigenvalue weighted by Gasteiger charge is 2.43. The second kappa shape index (κ2) is 6.84. The zero-order valence-corrected chi connectivity index (χ0v) is 15.1.